The van der Waals surface area contributed by atoms with Crippen molar-refractivity contribution in [2.75, 3.05) is 31.2 Å². The Kier molecular flexibility index (Phi) is 5.96. The summed E-state index contributed by atoms with van der Waals surface area (Å²) in [4.78, 5) is 20.1. The van der Waals surface area contributed by atoms with Crippen LogP contribution >= 0.6 is 11.6 Å². The monoisotopic (exact) mass is 504 g/mol. The number of piperidine rings is 1. The van der Waals surface area contributed by atoms with Crippen molar-refractivity contribution >= 4 is 23.2 Å². The molecule has 1 N–H and O–H groups in total. The number of nitrogens with zero attached hydrogens (tertiary/aromatic N) is 5. The van der Waals surface area contributed by atoms with Gasteiger partial charge in [-0.15, -0.1) is 0 Å². The van der Waals surface area contributed by atoms with Crippen LogP contribution in [0.4, 0.5) is 18.9 Å². The van der Waals surface area contributed by atoms with Crippen molar-refractivity contribution in [1.29, 1.82) is 0 Å². The van der Waals surface area contributed by atoms with Crippen LogP contribution in [0.5, 0.6) is 0 Å². The van der Waals surface area contributed by atoms with Gasteiger partial charge in [0.05, 0.1) is 30.1 Å². The molecule has 7 nitrogen and oxygen atoms in total. The van der Waals surface area contributed by atoms with Crippen LogP contribution < -0.4 is 10.2 Å². The smallest absolute Gasteiger partial charge is 0.370 e. The number of halogens is 4. The predicted octanol–water partition coefficient (Wildman–Crippen LogP) is 4.09. The van der Waals surface area contributed by atoms with Crippen LogP contribution in [0.1, 0.15) is 12.8 Å². The molecule has 184 valence electrons. The molecule has 0 aliphatic carbocycles. The number of rotatable bonds is 4. The quantitative estimate of drug-likeness (QED) is 0.579. The molecule has 2 aromatic heterocycles. The number of anilines is 1. The van der Waals surface area contributed by atoms with E-state index in [4.69, 9.17) is 11.6 Å². The fourth-order valence-electron chi connectivity index (χ4n) is 5.07. The second-order valence-corrected chi connectivity index (χ2v) is 9.40. The van der Waals surface area contributed by atoms with Gasteiger partial charge in [-0.25, -0.2) is 0 Å². The Balaban J connectivity index is 1.40. The van der Waals surface area contributed by atoms with Crippen molar-refractivity contribution < 1.29 is 18.0 Å². The Morgan fingerprint density at radius 2 is 1.74 bits per heavy atom. The molecule has 35 heavy (non-hydrogen) atoms. The van der Waals surface area contributed by atoms with E-state index in [-0.39, 0.29) is 25.4 Å². The maximum atomic E-state index is 13.1. The van der Waals surface area contributed by atoms with E-state index < -0.39 is 18.3 Å². The van der Waals surface area contributed by atoms with Crippen molar-refractivity contribution in [2.45, 2.75) is 24.6 Å². The predicted molar refractivity (Wildman–Crippen MR) is 127 cm³/mol. The van der Waals surface area contributed by atoms with E-state index >= 15 is 0 Å². The minimum absolute atomic E-state index is 0.0944. The van der Waals surface area contributed by atoms with Crippen LogP contribution in [-0.2, 0) is 11.8 Å². The zero-order chi connectivity index (χ0) is 24.8. The van der Waals surface area contributed by atoms with Crippen molar-refractivity contribution in [3.63, 3.8) is 0 Å². The van der Waals surface area contributed by atoms with Gasteiger partial charge in [0, 0.05) is 49.9 Å². The number of hydrogen-bond donors (Lipinski definition) is 1. The zero-order valence-electron chi connectivity index (χ0n) is 19.0. The summed E-state index contributed by atoms with van der Waals surface area (Å²) in [6, 6.07) is 7.97. The Bertz CT molecular complexity index is 1230. The Hall–Kier alpha value is -3.11. The molecule has 5 rings (SSSR count). The number of aryl methyl sites for hydroxylation is 1. The van der Waals surface area contributed by atoms with Gasteiger partial charge < -0.3 is 10.2 Å². The van der Waals surface area contributed by atoms with E-state index in [0.29, 0.717) is 18.1 Å². The lowest BCUT2D eigenvalue weighted by atomic mass is 9.85. The van der Waals surface area contributed by atoms with Crippen LogP contribution in [-0.4, -0.2) is 63.6 Å². The third-order valence-corrected chi connectivity index (χ3v) is 7.12. The number of alkyl halides is 3. The number of carbonyl (C=O) groups is 1. The summed E-state index contributed by atoms with van der Waals surface area (Å²) in [7, 11) is 1.86. The van der Waals surface area contributed by atoms with Crippen LogP contribution in [0, 0.1) is 0 Å². The summed E-state index contributed by atoms with van der Waals surface area (Å²) in [6.07, 6.45) is 3.20. The third kappa shape index (κ3) is 4.48. The normalized spacial score (nSPS) is 18.3. The molecule has 1 spiro atoms. The number of hydrogen-bond acceptors (Lipinski definition) is 5. The number of benzene rings is 1. The van der Waals surface area contributed by atoms with Gasteiger partial charge in [-0.2, -0.15) is 18.3 Å². The molecule has 0 unspecified atom stereocenters. The standard InChI is InChI=1S/C24H24ClF3N6O/c1-32-13-18(10-31-32)16-2-4-17(5-3-16)19-11-29-12-20(25)21(19)33-8-6-23(7-9-33)22(35)30-15-34(23)14-24(26,27)28/h2-5,10-13H,6-9,14-15H2,1H3,(H,30,35). The summed E-state index contributed by atoms with van der Waals surface area (Å²) < 4.78 is 41.1. The molecule has 1 amide bonds. The molecular weight excluding hydrogens is 481 g/mol. The molecule has 2 aliphatic rings. The molecule has 4 heterocycles. The molecule has 1 aromatic carbocycles. The number of amides is 1. The van der Waals surface area contributed by atoms with E-state index in [1.807, 2.05) is 42.4 Å². The molecule has 2 fully saturated rings. The van der Waals surface area contributed by atoms with E-state index in [0.717, 1.165) is 27.9 Å². The summed E-state index contributed by atoms with van der Waals surface area (Å²) in [5.74, 6) is -0.339. The van der Waals surface area contributed by atoms with Crippen LogP contribution in [0.15, 0.2) is 49.1 Å². The Labute approximate surface area is 205 Å². The number of pyridine rings is 1. The summed E-state index contributed by atoms with van der Waals surface area (Å²) in [6.45, 7) is -0.419. The van der Waals surface area contributed by atoms with E-state index in [1.165, 1.54) is 4.90 Å². The zero-order valence-corrected chi connectivity index (χ0v) is 19.8. The molecule has 2 aliphatic heterocycles. The highest BCUT2D eigenvalue weighted by Crippen LogP contribution is 2.41. The van der Waals surface area contributed by atoms with E-state index in [2.05, 4.69) is 15.4 Å². The average Bonchev–Trinajstić information content (AvgIpc) is 3.38. The first kappa shape index (κ1) is 23.6. The fraction of sp³-hybridized carbons (Fsp3) is 0.375. The van der Waals surface area contributed by atoms with Gasteiger partial charge in [0.15, 0.2) is 0 Å². The molecule has 0 atom stereocenters. The highest BCUT2D eigenvalue weighted by atomic mass is 35.5. The van der Waals surface area contributed by atoms with E-state index in [1.54, 1.807) is 23.3 Å². The first-order chi connectivity index (χ1) is 16.7. The molecule has 2 saturated heterocycles. The second kappa shape index (κ2) is 8.83. The lowest BCUT2D eigenvalue weighted by molar-refractivity contribution is -0.158. The molecular formula is C24H24ClF3N6O. The molecule has 0 bridgehead atoms. The minimum Gasteiger partial charge on any atom is -0.370 e. The first-order valence-electron chi connectivity index (χ1n) is 11.2. The first-order valence-corrected chi connectivity index (χ1v) is 11.6. The van der Waals surface area contributed by atoms with E-state index in [9.17, 15) is 18.0 Å². The summed E-state index contributed by atoms with van der Waals surface area (Å²) in [5.41, 5.74) is 3.39. The highest BCUT2D eigenvalue weighted by Gasteiger charge is 2.53. The van der Waals surface area contributed by atoms with Gasteiger partial charge in [0.25, 0.3) is 0 Å². The van der Waals surface area contributed by atoms with Gasteiger partial charge in [-0.05, 0) is 24.0 Å². The summed E-state index contributed by atoms with van der Waals surface area (Å²) >= 11 is 6.58. The van der Waals surface area contributed by atoms with Gasteiger partial charge >= 0.3 is 6.18 Å². The highest BCUT2D eigenvalue weighted by molar-refractivity contribution is 6.33. The van der Waals surface area contributed by atoms with Crippen molar-refractivity contribution in [2.24, 2.45) is 7.05 Å². The van der Waals surface area contributed by atoms with Crippen LogP contribution in [0.25, 0.3) is 22.3 Å². The maximum Gasteiger partial charge on any atom is 0.401 e. The Morgan fingerprint density at radius 1 is 1.06 bits per heavy atom. The van der Waals surface area contributed by atoms with Crippen molar-refractivity contribution in [3.05, 3.63) is 54.1 Å². The van der Waals surface area contributed by atoms with Crippen LogP contribution in [0.3, 0.4) is 0 Å². The fourth-order valence-corrected chi connectivity index (χ4v) is 5.34. The number of aromatic nitrogens is 3. The van der Waals surface area contributed by atoms with Gasteiger partial charge in [-0.1, -0.05) is 35.9 Å². The molecule has 0 radical (unpaired) electrons. The molecule has 3 aromatic rings. The number of carbonyl (C=O) groups excluding carboxylic acids is 1. The minimum atomic E-state index is -4.38. The molecule has 11 heteroatoms. The lowest BCUT2D eigenvalue weighted by Gasteiger charge is -2.43. The number of nitrogens with one attached hydrogen (secondary N) is 1. The van der Waals surface area contributed by atoms with Gasteiger partial charge in [0.2, 0.25) is 5.91 Å². The second-order valence-electron chi connectivity index (χ2n) is 8.99. The SMILES string of the molecule is Cn1cc(-c2ccc(-c3cncc(Cl)c3N3CCC4(CC3)C(=O)NCN4CC(F)(F)F)cc2)cn1. The molecule has 0 saturated carbocycles. The van der Waals surface area contributed by atoms with Gasteiger partial charge in [0.1, 0.15) is 5.54 Å². The topological polar surface area (TPSA) is 66.3 Å². The van der Waals surface area contributed by atoms with Crippen molar-refractivity contribution in [3.8, 4) is 22.3 Å². The third-order valence-electron chi connectivity index (χ3n) is 6.84. The lowest BCUT2D eigenvalue weighted by Crippen LogP contribution is -2.57. The maximum absolute atomic E-state index is 13.1. The average molecular weight is 505 g/mol. The van der Waals surface area contributed by atoms with Gasteiger partial charge in [-0.3, -0.25) is 19.4 Å². The van der Waals surface area contributed by atoms with Crippen molar-refractivity contribution in [1.82, 2.24) is 25.0 Å². The summed E-state index contributed by atoms with van der Waals surface area (Å²) in [5, 5.41) is 7.27. The largest absolute Gasteiger partial charge is 0.401 e. The Morgan fingerprint density at radius 3 is 2.37 bits per heavy atom. The van der Waals surface area contributed by atoms with Crippen LogP contribution in [0.2, 0.25) is 5.02 Å².